The minimum absolute atomic E-state index is 0. The van der Waals surface area contributed by atoms with E-state index < -0.39 is 0 Å². The summed E-state index contributed by atoms with van der Waals surface area (Å²) in [4.78, 5) is 3.35. The highest BCUT2D eigenvalue weighted by molar-refractivity contribution is 6.30. The highest BCUT2D eigenvalue weighted by atomic mass is 35.5. The molecule has 1 aromatic heterocycles. The molecule has 3 aromatic rings. The number of hydrogen-bond acceptors (Lipinski definition) is 2. The van der Waals surface area contributed by atoms with Crippen LogP contribution in [-0.4, -0.2) is 11.2 Å². The van der Waals surface area contributed by atoms with Gasteiger partial charge in [-0.15, -0.1) is 12.4 Å². The zero-order valence-electron chi connectivity index (χ0n) is 11.4. The number of aromatic nitrogens is 1. The monoisotopic (exact) mass is 319 g/mol. The lowest BCUT2D eigenvalue weighted by Gasteiger charge is -1.99. The maximum Gasteiger partial charge on any atom is 0.0568 e. The molecule has 0 aliphatic heterocycles. The van der Waals surface area contributed by atoms with Crippen molar-refractivity contribution in [2.75, 3.05) is 5.43 Å². The summed E-state index contributed by atoms with van der Waals surface area (Å²) in [6.45, 7) is 2.05. The molecule has 21 heavy (non-hydrogen) atoms. The molecule has 0 amide bonds. The summed E-state index contributed by atoms with van der Waals surface area (Å²) in [5.41, 5.74) is 7.23. The Labute approximate surface area is 134 Å². The smallest absolute Gasteiger partial charge is 0.0568 e. The van der Waals surface area contributed by atoms with Crippen LogP contribution in [0.2, 0.25) is 5.02 Å². The molecule has 0 atom stereocenters. The van der Waals surface area contributed by atoms with Gasteiger partial charge >= 0.3 is 0 Å². The van der Waals surface area contributed by atoms with E-state index in [4.69, 9.17) is 11.6 Å². The summed E-state index contributed by atoms with van der Waals surface area (Å²) >= 11 is 5.84. The first kappa shape index (κ1) is 15.4. The minimum Gasteiger partial charge on any atom is -0.358 e. The van der Waals surface area contributed by atoms with Crippen LogP contribution in [0.3, 0.4) is 0 Å². The van der Waals surface area contributed by atoms with Crippen molar-refractivity contribution in [1.82, 2.24) is 4.98 Å². The van der Waals surface area contributed by atoms with E-state index in [1.807, 2.05) is 49.5 Å². The number of nitrogens with one attached hydrogen (secondary N) is 2. The average molecular weight is 320 g/mol. The number of rotatable bonds is 3. The van der Waals surface area contributed by atoms with Crippen LogP contribution in [0.5, 0.6) is 0 Å². The number of anilines is 1. The van der Waals surface area contributed by atoms with Gasteiger partial charge in [-0.2, -0.15) is 5.10 Å². The van der Waals surface area contributed by atoms with E-state index in [2.05, 4.69) is 27.6 Å². The van der Waals surface area contributed by atoms with Crippen molar-refractivity contribution in [3.63, 3.8) is 0 Å². The number of hydrogen-bond donors (Lipinski definition) is 2. The highest BCUT2D eigenvalue weighted by Gasteiger charge is 2.04. The van der Waals surface area contributed by atoms with E-state index in [0.29, 0.717) is 5.02 Å². The van der Waals surface area contributed by atoms with Crippen molar-refractivity contribution in [1.29, 1.82) is 0 Å². The number of nitrogens with zero attached hydrogens (tertiary/aromatic N) is 1. The Morgan fingerprint density at radius 1 is 1.10 bits per heavy atom. The van der Waals surface area contributed by atoms with Gasteiger partial charge in [-0.05, 0) is 37.3 Å². The molecule has 0 aliphatic rings. The van der Waals surface area contributed by atoms with Gasteiger partial charge in [0.25, 0.3) is 0 Å². The van der Waals surface area contributed by atoms with Crippen LogP contribution in [0, 0.1) is 6.92 Å². The normalized spacial score (nSPS) is 10.8. The van der Waals surface area contributed by atoms with E-state index >= 15 is 0 Å². The third kappa shape index (κ3) is 3.38. The lowest BCUT2D eigenvalue weighted by molar-refractivity contribution is 1.28. The van der Waals surface area contributed by atoms with Crippen LogP contribution in [-0.2, 0) is 0 Å². The molecule has 0 aliphatic carbocycles. The minimum atomic E-state index is 0. The van der Waals surface area contributed by atoms with Crippen molar-refractivity contribution < 1.29 is 0 Å². The molecule has 0 spiro atoms. The van der Waals surface area contributed by atoms with E-state index in [1.165, 1.54) is 5.39 Å². The molecule has 2 N–H and O–H groups in total. The molecule has 0 radical (unpaired) electrons. The maximum absolute atomic E-state index is 5.84. The molecule has 0 bridgehead atoms. The molecular formula is C16H15Cl2N3. The Morgan fingerprint density at radius 2 is 1.81 bits per heavy atom. The van der Waals surface area contributed by atoms with E-state index in [-0.39, 0.29) is 12.4 Å². The molecule has 5 heteroatoms. The van der Waals surface area contributed by atoms with Crippen LogP contribution < -0.4 is 5.43 Å². The largest absolute Gasteiger partial charge is 0.358 e. The standard InChI is InChI=1S/C16H14ClN3.ClH/c1-11-15(14-4-2-3-5-16(14)19-11)10-18-20-13-8-6-12(17)7-9-13;/h2-10,19-20H,1H3;1H/b18-10+;. The number of halogens is 2. The van der Waals surface area contributed by atoms with Gasteiger partial charge in [-0.1, -0.05) is 29.8 Å². The Bertz CT molecular complexity index is 761. The fourth-order valence-electron chi connectivity index (χ4n) is 2.16. The van der Waals surface area contributed by atoms with Crippen molar-refractivity contribution in [3.8, 4) is 0 Å². The van der Waals surface area contributed by atoms with Gasteiger partial charge in [0, 0.05) is 27.2 Å². The van der Waals surface area contributed by atoms with Gasteiger partial charge in [-0.3, -0.25) is 5.43 Å². The van der Waals surface area contributed by atoms with E-state index in [1.54, 1.807) is 0 Å². The third-order valence-electron chi connectivity index (χ3n) is 3.17. The van der Waals surface area contributed by atoms with Gasteiger partial charge < -0.3 is 4.98 Å². The number of hydrazone groups is 1. The zero-order valence-corrected chi connectivity index (χ0v) is 13.0. The van der Waals surface area contributed by atoms with E-state index in [0.717, 1.165) is 22.5 Å². The maximum atomic E-state index is 5.84. The first-order valence-electron chi connectivity index (χ1n) is 6.36. The van der Waals surface area contributed by atoms with Gasteiger partial charge in [0.05, 0.1) is 11.9 Å². The Balaban J connectivity index is 0.00000161. The molecule has 3 rings (SSSR count). The van der Waals surface area contributed by atoms with E-state index in [9.17, 15) is 0 Å². The van der Waals surface area contributed by atoms with Crippen LogP contribution >= 0.6 is 24.0 Å². The molecule has 0 unspecified atom stereocenters. The van der Waals surface area contributed by atoms with Crippen LogP contribution in [0.25, 0.3) is 10.9 Å². The Hall–Kier alpha value is -1.97. The quantitative estimate of drug-likeness (QED) is 0.517. The van der Waals surface area contributed by atoms with Gasteiger partial charge in [0.2, 0.25) is 0 Å². The predicted octanol–water partition coefficient (Wildman–Crippen LogP) is 5.00. The first-order valence-corrected chi connectivity index (χ1v) is 6.74. The summed E-state index contributed by atoms with van der Waals surface area (Å²) in [6, 6.07) is 15.6. The van der Waals surface area contributed by atoms with Crippen LogP contribution in [0.1, 0.15) is 11.3 Å². The number of benzene rings is 2. The molecule has 2 aromatic carbocycles. The highest BCUT2D eigenvalue weighted by Crippen LogP contribution is 2.20. The van der Waals surface area contributed by atoms with Crippen molar-refractivity contribution >= 4 is 46.8 Å². The lowest BCUT2D eigenvalue weighted by Crippen LogP contribution is -1.91. The van der Waals surface area contributed by atoms with Crippen molar-refractivity contribution in [2.45, 2.75) is 6.92 Å². The number of para-hydroxylation sites is 1. The fraction of sp³-hybridized carbons (Fsp3) is 0.0625. The zero-order chi connectivity index (χ0) is 13.9. The average Bonchev–Trinajstić information content (AvgIpc) is 2.77. The topological polar surface area (TPSA) is 40.2 Å². The number of H-pyrrole nitrogens is 1. The molecule has 108 valence electrons. The molecule has 0 saturated heterocycles. The fourth-order valence-corrected chi connectivity index (χ4v) is 2.29. The second-order valence-electron chi connectivity index (χ2n) is 4.59. The van der Waals surface area contributed by atoms with Gasteiger partial charge in [-0.25, -0.2) is 0 Å². The number of aryl methyl sites for hydroxylation is 1. The summed E-state index contributed by atoms with van der Waals surface area (Å²) in [6.07, 6.45) is 1.84. The second-order valence-corrected chi connectivity index (χ2v) is 5.02. The molecule has 3 nitrogen and oxygen atoms in total. The molecule has 1 heterocycles. The third-order valence-corrected chi connectivity index (χ3v) is 3.43. The summed E-state index contributed by atoms with van der Waals surface area (Å²) in [7, 11) is 0. The molecule has 0 saturated carbocycles. The molecule has 0 fully saturated rings. The van der Waals surface area contributed by atoms with Crippen molar-refractivity contribution in [2.24, 2.45) is 5.10 Å². The van der Waals surface area contributed by atoms with Gasteiger partial charge in [0.1, 0.15) is 0 Å². The first-order chi connectivity index (χ1) is 9.74. The summed E-state index contributed by atoms with van der Waals surface area (Å²) in [5, 5.41) is 6.17. The lowest BCUT2D eigenvalue weighted by atomic mass is 10.1. The van der Waals surface area contributed by atoms with Crippen LogP contribution in [0.4, 0.5) is 5.69 Å². The molecular weight excluding hydrogens is 305 g/mol. The Kier molecular flexibility index (Phi) is 4.89. The number of aromatic amines is 1. The van der Waals surface area contributed by atoms with Crippen molar-refractivity contribution in [3.05, 3.63) is 64.8 Å². The van der Waals surface area contributed by atoms with Crippen LogP contribution in [0.15, 0.2) is 53.6 Å². The Morgan fingerprint density at radius 3 is 2.57 bits per heavy atom. The second kappa shape index (κ2) is 6.66. The van der Waals surface area contributed by atoms with Gasteiger partial charge in [0.15, 0.2) is 0 Å². The summed E-state index contributed by atoms with van der Waals surface area (Å²) in [5.74, 6) is 0. The number of fused-ring (bicyclic) bond motifs is 1. The summed E-state index contributed by atoms with van der Waals surface area (Å²) < 4.78 is 0. The SMILES string of the molecule is Cc1[nH]c2ccccc2c1/C=N/Nc1ccc(Cl)cc1.Cl. The predicted molar refractivity (Wildman–Crippen MR) is 93.0 cm³/mol.